The Balaban J connectivity index is 1.43. The number of benzene rings is 2. The largest absolute Gasteiger partial charge is 0.478 e. The first kappa shape index (κ1) is 14.0. The zero-order valence-electron chi connectivity index (χ0n) is 12.8. The van der Waals surface area contributed by atoms with Crippen LogP contribution in [0.1, 0.15) is 29.6 Å². The minimum absolute atomic E-state index is 0.0816. The highest BCUT2D eigenvalue weighted by atomic mass is 16.5. The summed E-state index contributed by atoms with van der Waals surface area (Å²) in [6.07, 6.45) is 0.534. The lowest BCUT2D eigenvalue weighted by atomic mass is 10.1. The number of aliphatic imine (C=N–C) groups is 2. The second-order valence-corrected chi connectivity index (χ2v) is 5.70. The average molecular weight is 306 g/mol. The molecule has 0 N–H and O–H groups in total. The molecule has 0 saturated heterocycles. The van der Waals surface area contributed by atoms with E-state index in [0.29, 0.717) is 31.4 Å². The van der Waals surface area contributed by atoms with Crippen LogP contribution in [0.4, 0.5) is 0 Å². The van der Waals surface area contributed by atoms with Gasteiger partial charge in [-0.25, -0.2) is 9.98 Å². The first-order valence-corrected chi connectivity index (χ1v) is 7.87. The molecule has 2 heterocycles. The van der Waals surface area contributed by atoms with E-state index in [1.165, 1.54) is 11.1 Å². The van der Waals surface area contributed by atoms with Crippen LogP contribution < -0.4 is 0 Å². The number of nitrogens with zero attached hydrogens (tertiary/aromatic N) is 2. The van der Waals surface area contributed by atoms with Crippen molar-refractivity contribution in [1.29, 1.82) is 0 Å². The Bertz CT molecular complexity index is 662. The monoisotopic (exact) mass is 306 g/mol. The fourth-order valence-electron chi connectivity index (χ4n) is 2.86. The lowest BCUT2D eigenvalue weighted by molar-refractivity contribution is 0.300. The van der Waals surface area contributed by atoms with E-state index in [1.807, 2.05) is 36.4 Å². The van der Waals surface area contributed by atoms with Gasteiger partial charge in [-0.1, -0.05) is 60.7 Å². The summed E-state index contributed by atoms with van der Waals surface area (Å²) in [5.74, 6) is 1.43. The lowest BCUT2D eigenvalue weighted by Crippen LogP contribution is -2.08. The molecule has 4 nitrogen and oxygen atoms in total. The van der Waals surface area contributed by atoms with Crippen LogP contribution in [0.3, 0.4) is 0 Å². The van der Waals surface area contributed by atoms with Crippen LogP contribution in [0, 0.1) is 0 Å². The van der Waals surface area contributed by atoms with Gasteiger partial charge in [-0.3, -0.25) is 0 Å². The molecule has 2 aromatic rings. The van der Waals surface area contributed by atoms with E-state index in [9.17, 15) is 0 Å². The molecule has 23 heavy (non-hydrogen) atoms. The van der Waals surface area contributed by atoms with E-state index in [-0.39, 0.29) is 12.1 Å². The molecule has 4 rings (SSSR count). The van der Waals surface area contributed by atoms with Gasteiger partial charge in [0.05, 0.1) is 6.42 Å². The summed E-state index contributed by atoms with van der Waals surface area (Å²) < 4.78 is 11.4. The van der Waals surface area contributed by atoms with Gasteiger partial charge in [0.2, 0.25) is 0 Å². The Morgan fingerprint density at radius 3 is 1.57 bits per heavy atom. The van der Waals surface area contributed by atoms with Crippen LogP contribution in [-0.4, -0.2) is 25.0 Å². The van der Waals surface area contributed by atoms with Crippen LogP contribution in [0.2, 0.25) is 0 Å². The highest BCUT2D eigenvalue weighted by Crippen LogP contribution is 2.26. The van der Waals surface area contributed by atoms with E-state index in [0.717, 1.165) is 0 Å². The molecule has 116 valence electrons. The highest BCUT2D eigenvalue weighted by Gasteiger charge is 2.26. The molecular formula is C19H18N2O2. The maximum Gasteiger partial charge on any atom is 0.193 e. The Hall–Kier alpha value is -2.62. The predicted molar refractivity (Wildman–Crippen MR) is 89.8 cm³/mol. The van der Waals surface area contributed by atoms with Gasteiger partial charge in [0.1, 0.15) is 25.3 Å². The predicted octanol–water partition coefficient (Wildman–Crippen LogP) is 3.72. The molecule has 0 fully saturated rings. The van der Waals surface area contributed by atoms with Crippen molar-refractivity contribution in [3.63, 3.8) is 0 Å². The number of ether oxygens (including phenoxy) is 2. The van der Waals surface area contributed by atoms with Crippen molar-refractivity contribution in [2.75, 3.05) is 13.2 Å². The number of rotatable bonds is 4. The summed E-state index contributed by atoms with van der Waals surface area (Å²) in [6, 6.07) is 20.6. The van der Waals surface area contributed by atoms with Crippen LogP contribution in [0.15, 0.2) is 70.6 Å². The molecule has 4 heteroatoms. The van der Waals surface area contributed by atoms with E-state index < -0.39 is 0 Å². The minimum Gasteiger partial charge on any atom is -0.478 e. The molecule has 0 radical (unpaired) electrons. The first-order chi connectivity index (χ1) is 11.4. The Labute approximate surface area is 135 Å². The van der Waals surface area contributed by atoms with Crippen LogP contribution in [0.25, 0.3) is 0 Å². The molecule has 0 aromatic heterocycles. The van der Waals surface area contributed by atoms with Gasteiger partial charge < -0.3 is 9.47 Å². The van der Waals surface area contributed by atoms with Crippen molar-refractivity contribution in [1.82, 2.24) is 0 Å². The van der Waals surface area contributed by atoms with Gasteiger partial charge in [-0.15, -0.1) is 0 Å². The van der Waals surface area contributed by atoms with Crippen molar-refractivity contribution in [2.24, 2.45) is 9.98 Å². The van der Waals surface area contributed by atoms with Gasteiger partial charge in [-0.2, -0.15) is 0 Å². The Morgan fingerprint density at radius 2 is 1.13 bits per heavy atom. The van der Waals surface area contributed by atoms with Gasteiger partial charge in [0.15, 0.2) is 11.8 Å². The molecule has 0 saturated carbocycles. The van der Waals surface area contributed by atoms with Crippen LogP contribution >= 0.6 is 0 Å². The molecule has 2 aliphatic rings. The Kier molecular flexibility index (Phi) is 3.80. The summed E-state index contributed by atoms with van der Waals surface area (Å²) in [6.45, 7) is 1.18. The molecule has 0 unspecified atom stereocenters. The van der Waals surface area contributed by atoms with Crippen LogP contribution in [0.5, 0.6) is 0 Å². The van der Waals surface area contributed by atoms with Crippen molar-refractivity contribution >= 4 is 11.8 Å². The number of hydrogen-bond donors (Lipinski definition) is 0. The first-order valence-electron chi connectivity index (χ1n) is 7.87. The highest BCUT2D eigenvalue weighted by molar-refractivity contribution is 5.98. The molecule has 0 spiro atoms. The summed E-state index contributed by atoms with van der Waals surface area (Å²) in [5, 5.41) is 0. The number of hydrogen-bond acceptors (Lipinski definition) is 4. The molecule has 0 aliphatic carbocycles. The van der Waals surface area contributed by atoms with E-state index in [1.54, 1.807) is 0 Å². The standard InChI is InChI=1S/C19H18N2O2/c1-3-7-14(8-4-1)16-12-22-18(20-16)11-19-21-17(13-23-19)15-9-5-2-6-10-15/h1-10,16-17H,11-13H2/t16-,17-/m1/s1. The molecule has 2 atom stereocenters. The third-order valence-electron chi connectivity index (χ3n) is 4.09. The summed E-state index contributed by atoms with van der Waals surface area (Å²) in [5.41, 5.74) is 2.36. The summed E-state index contributed by atoms with van der Waals surface area (Å²) in [4.78, 5) is 9.31. The second-order valence-electron chi connectivity index (χ2n) is 5.70. The third kappa shape index (κ3) is 3.11. The fraction of sp³-hybridized carbons (Fsp3) is 0.263. The quantitative estimate of drug-likeness (QED) is 0.864. The zero-order chi connectivity index (χ0) is 15.5. The van der Waals surface area contributed by atoms with Crippen molar-refractivity contribution in [3.8, 4) is 0 Å². The van der Waals surface area contributed by atoms with Crippen molar-refractivity contribution < 1.29 is 9.47 Å². The van der Waals surface area contributed by atoms with Crippen molar-refractivity contribution in [3.05, 3.63) is 71.8 Å². The van der Waals surface area contributed by atoms with Crippen molar-refractivity contribution in [2.45, 2.75) is 18.5 Å². The van der Waals surface area contributed by atoms with Gasteiger partial charge in [0, 0.05) is 0 Å². The normalized spacial score (nSPS) is 23.0. The topological polar surface area (TPSA) is 43.2 Å². The molecular weight excluding hydrogens is 288 g/mol. The molecule has 2 aromatic carbocycles. The zero-order valence-corrected chi connectivity index (χ0v) is 12.8. The maximum absolute atomic E-state index is 5.71. The summed E-state index contributed by atoms with van der Waals surface area (Å²) >= 11 is 0. The van der Waals surface area contributed by atoms with Crippen LogP contribution in [-0.2, 0) is 9.47 Å². The molecule has 2 aliphatic heterocycles. The minimum atomic E-state index is 0.0816. The van der Waals surface area contributed by atoms with Gasteiger partial charge in [-0.05, 0) is 11.1 Å². The lowest BCUT2D eigenvalue weighted by Gasteiger charge is -2.03. The smallest absolute Gasteiger partial charge is 0.193 e. The summed E-state index contributed by atoms with van der Waals surface area (Å²) in [7, 11) is 0. The fourth-order valence-corrected chi connectivity index (χ4v) is 2.86. The Morgan fingerprint density at radius 1 is 0.696 bits per heavy atom. The second kappa shape index (κ2) is 6.24. The van der Waals surface area contributed by atoms with E-state index in [2.05, 4.69) is 34.3 Å². The van der Waals surface area contributed by atoms with Gasteiger partial charge >= 0.3 is 0 Å². The van der Waals surface area contributed by atoms with E-state index >= 15 is 0 Å². The molecule has 0 amide bonds. The molecule has 0 bridgehead atoms. The van der Waals surface area contributed by atoms with E-state index in [4.69, 9.17) is 9.47 Å². The SMILES string of the molecule is c1ccc([C@H]2COC(CC3=N[C@@H](c4ccccc4)CO3)=N2)cc1. The van der Waals surface area contributed by atoms with Gasteiger partial charge in [0.25, 0.3) is 0 Å². The third-order valence-corrected chi connectivity index (χ3v) is 4.09. The maximum atomic E-state index is 5.71. The average Bonchev–Trinajstić information content (AvgIpc) is 3.27.